The van der Waals surface area contributed by atoms with Crippen LogP contribution in [0.1, 0.15) is 103 Å². The first kappa shape index (κ1) is 36.7. The van der Waals surface area contributed by atoms with Gasteiger partial charge >= 0.3 is 6.09 Å². The number of sulfonamides is 1. The second-order valence-electron chi connectivity index (χ2n) is 16.4. The van der Waals surface area contributed by atoms with Gasteiger partial charge in [0.25, 0.3) is 5.91 Å². The van der Waals surface area contributed by atoms with Crippen LogP contribution in [0.15, 0.2) is 36.4 Å². The maximum absolute atomic E-state index is 14.6. The number of ether oxygens (including phenoxy) is 2. The number of nitrogens with one attached hydrogen (secondary N) is 3. The molecule has 0 unspecified atom stereocenters. The van der Waals surface area contributed by atoms with E-state index in [4.69, 9.17) is 19.4 Å². The van der Waals surface area contributed by atoms with Crippen LogP contribution in [0.25, 0.3) is 11.0 Å². The number of carbonyl (C=O) groups excluding carboxylic acids is 4. The molecule has 1 aromatic carbocycles. The smallest absolute Gasteiger partial charge is 0.408 e. The highest BCUT2D eigenvalue weighted by molar-refractivity contribution is 7.91. The first-order valence-corrected chi connectivity index (χ1v) is 21.3. The van der Waals surface area contributed by atoms with Crippen LogP contribution in [0.4, 0.5) is 4.79 Å². The Labute approximate surface area is 315 Å². The zero-order chi connectivity index (χ0) is 37.7. The number of benzene rings is 1. The number of para-hydroxylation sites is 2. The van der Waals surface area contributed by atoms with E-state index in [1.165, 1.54) is 4.90 Å². The molecule has 7 atom stereocenters. The van der Waals surface area contributed by atoms with Gasteiger partial charge in [-0.25, -0.2) is 23.2 Å². The minimum atomic E-state index is -3.88. The Balaban J connectivity index is 1.13. The van der Waals surface area contributed by atoms with Crippen molar-refractivity contribution >= 4 is 44.9 Å². The molecule has 3 aliphatic carbocycles. The summed E-state index contributed by atoms with van der Waals surface area (Å²) in [6.45, 7) is 1.96. The molecule has 3 saturated carbocycles. The number of hydrogen-bond acceptors (Lipinski definition) is 10. The second-order valence-corrected chi connectivity index (χ2v) is 18.3. The van der Waals surface area contributed by atoms with E-state index < -0.39 is 74.3 Å². The molecule has 4 amide bonds. The van der Waals surface area contributed by atoms with Crippen molar-refractivity contribution in [3.63, 3.8) is 0 Å². The minimum Gasteiger partial charge on any atom is -0.471 e. The molecule has 3 bridgehead atoms. The van der Waals surface area contributed by atoms with Gasteiger partial charge in [-0.05, 0) is 83.3 Å². The number of carbonyl (C=O) groups is 4. The molecule has 15 heteroatoms. The van der Waals surface area contributed by atoms with Crippen LogP contribution in [-0.2, 0) is 35.6 Å². The summed E-state index contributed by atoms with van der Waals surface area (Å²) in [6, 6.07) is 5.53. The Morgan fingerprint density at radius 1 is 0.963 bits per heavy atom. The normalized spacial score (nSPS) is 34.1. The lowest BCUT2D eigenvalue weighted by molar-refractivity contribution is -0.141. The molecule has 0 radical (unpaired) electrons. The SMILES string of the molecule is C[C@@]12C[C@H]1CCCCCc1nc3ccccc3nc1O[C@@H]1C[C@H]3C(=O)N[C@@]4(C(=O)NS(=O)(=O)C5CC5)C[C@@H]4/C=C\CCCCC[C@H](NC(=O)O2)C(=O)N3C1. The number of rotatable bonds is 3. The Morgan fingerprint density at radius 2 is 1.72 bits per heavy atom. The van der Waals surface area contributed by atoms with Crippen molar-refractivity contribution in [2.24, 2.45) is 11.8 Å². The Morgan fingerprint density at radius 3 is 2.52 bits per heavy atom. The fourth-order valence-corrected chi connectivity index (χ4v) is 9.85. The highest BCUT2D eigenvalue weighted by Crippen LogP contribution is 2.50. The average Bonchev–Trinajstić information content (AvgIpc) is 4.08. The summed E-state index contributed by atoms with van der Waals surface area (Å²) in [5.41, 5.74) is 0.0436. The molecule has 6 aliphatic rings. The molecule has 3 N–H and O–H groups in total. The standard InChI is InChI=1S/C39H50N6O8S/c1-38-21-24(38)12-7-5-9-16-30-34(41-29-15-11-10-14-28(29)40-30)52-26-20-32-33(46)43-39(36(48)44-54(50,51)27-18-19-27)22-25(39)13-6-3-2-4-8-17-31(42-37(49)53-38)35(47)45(32)23-26/h6,10-11,13-15,24-27,31-32H,2-5,7-9,12,16-23H2,1H3,(H,42,49)(H,43,46)(H,44,48)/b13-6-/t24-,25+,26-,31+,32+,38-,39+/m1/s1. The first-order valence-electron chi connectivity index (χ1n) is 19.7. The third-order valence-electron chi connectivity index (χ3n) is 12.2. The number of aromatic nitrogens is 2. The minimum absolute atomic E-state index is 0.0243. The molecule has 14 nitrogen and oxygen atoms in total. The van der Waals surface area contributed by atoms with Crippen LogP contribution in [0.5, 0.6) is 5.88 Å². The van der Waals surface area contributed by atoms with Gasteiger partial charge in [-0.2, -0.15) is 0 Å². The summed E-state index contributed by atoms with van der Waals surface area (Å²) in [6.07, 6.45) is 12.2. The lowest BCUT2D eigenvalue weighted by Crippen LogP contribution is -2.58. The molecule has 0 spiro atoms. The van der Waals surface area contributed by atoms with Gasteiger partial charge in [-0.1, -0.05) is 50.0 Å². The molecule has 1 aromatic heterocycles. The summed E-state index contributed by atoms with van der Waals surface area (Å²) in [7, 11) is -3.88. The molecule has 8 rings (SSSR count). The number of amides is 4. The zero-order valence-corrected chi connectivity index (χ0v) is 31.6. The maximum Gasteiger partial charge on any atom is 0.408 e. The van der Waals surface area contributed by atoms with E-state index in [9.17, 15) is 27.6 Å². The van der Waals surface area contributed by atoms with E-state index in [1.807, 2.05) is 43.3 Å². The zero-order valence-electron chi connectivity index (χ0n) is 30.8. The third kappa shape index (κ3) is 7.65. The monoisotopic (exact) mass is 762 g/mol. The van der Waals surface area contributed by atoms with E-state index in [1.54, 1.807) is 0 Å². The largest absolute Gasteiger partial charge is 0.471 e. The first-order chi connectivity index (χ1) is 25.9. The van der Waals surface area contributed by atoms with Gasteiger partial charge in [0.05, 0.1) is 22.8 Å². The lowest BCUT2D eigenvalue weighted by atomic mass is 10.0. The van der Waals surface area contributed by atoms with Crippen LogP contribution < -0.4 is 20.1 Å². The van der Waals surface area contributed by atoms with E-state index >= 15 is 0 Å². The second kappa shape index (κ2) is 14.4. The van der Waals surface area contributed by atoms with Crippen molar-refractivity contribution in [3.05, 3.63) is 42.1 Å². The molecular formula is C39H50N6O8S. The Hall–Kier alpha value is -4.27. The summed E-state index contributed by atoms with van der Waals surface area (Å²) < 4.78 is 40.5. The number of fused-ring (bicyclic) bond motifs is 6. The molecule has 1 saturated heterocycles. The Bertz CT molecular complexity index is 1970. The number of hydrogen-bond donors (Lipinski definition) is 3. The van der Waals surface area contributed by atoms with Gasteiger partial charge in [0.15, 0.2) is 0 Å². The topological polar surface area (TPSA) is 186 Å². The molecular weight excluding hydrogens is 713 g/mol. The fourth-order valence-electron chi connectivity index (χ4n) is 8.49. The van der Waals surface area contributed by atoms with Gasteiger partial charge < -0.3 is 25.0 Å². The predicted octanol–water partition coefficient (Wildman–Crippen LogP) is 3.97. The molecule has 4 fully saturated rings. The van der Waals surface area contributed by atoms with Crippen molar-refractivity contribution in [1.82, 2.24) is 30.2 Å². The van der Waals surface area contributed by atoms with E-state index in [2.05, 4.69) is 15.4 Å². The van der Waals surface area contributed by atoms with E-state index in [0.29, 0.717) is 55.6 Å². The van der Waals surface area contributed by atoms with E-state index in [-0.39, 0.29) is 25.3 Å². The van der Waals surface area contributed by atoms with Gasteiger partial charge in [0, 0.05) is 18.3 Å². The molecule has 3 aliphatic heterocycles. The van der Waals surface area contributed by atoms with Gasteiger partial charge in [0.1, 0.15) is 35.0 Å². The average molecular weight is 763 g/mol. The number of alkyl carbamates (subject to hydrolysis) is 1. The number of aryl methyl sites for hydroxylation is 1. The van der Waals surface area contributed by atoms with E-state index in [0.717, 1.165) is 50.5 Å². The maximum atomic E-state index is 14.6. The molecule has 54 heavy (non-hydrogen) atoms. The summed E-state index contributed by atoms with van der Waals surface area (Å²) in [5, 5.41) is 5.15. The Kier molecular flexibility index (Phi) is 9.80. The van der Waals surface area contributed by atoms with Crippen LogP contribution in [0, 0.1) is 11.8 Å². The fraction of sp³-hybridized carbons (Fsp3) is 0.641. The number of nitrogens with zero attached hydrogens (tertiary/aromatic N) is 3. The highest BCUT2D eigenvalue weighted by atomic mass is 32.2. The van der Waals surface area contributed by atoms with Crippen LogP contribution in [0.3, 0.4) is 0 Å². The van der Waals surface area contributed by atoms with Gasteiger partial charge in [-0.15, -0.1) is 0 Å². The van der Waals surface area contributed by atoms with Gasteiger partial charge in [-0.3, -0.25) is 19.1 Å². The van der Waals surface area contributed by atoms with Crippen molar-refractivity contribution in [2.75, 3.05) is 6.54 Å². The van der Waals surface area contributed by atoms with Crippen molar-refractivity contribution in [1.29, 1.82) is 0 Å². The third-order valence-corrected chi connectivity index (χ3v) is 14.0. The highest BCUT2D eigenvalue weighted by Gasteiger charge is 2.62. The molecule has 2 aromatic rings. The molecule has 4 heterocycles. The van der Waals surface area contributed by atoms with Crippen LogP contribution in [0.2, 0.25) is 0 Å². The summed E-state index contributed by atoms with van der Waals surface area (Å²) in [5.74, 6) is -1.62. The van der Waals surface area contributed by atoms with Crippen molar-refractivity contribution in [3.8, 4) is 5.88 Å². The van der Waals surface area contributed by atoms with Crippen molar-refractivity contribution in [2.45, 2.75) is 138 Å². The van der Waals surface area contributed by atoms with Crippen molar-refractivity contribution < 1.29 is 37.1 Å². The summed E-state index contributed by atoms with van der Waals surface area (Å²) in [4.78, 5) is 67.4. The summed E-state index contributed by atoms with van der Waals surface area (Å²) >= 11 is 0. The predicted molar refractivity (Wildman–Crippen MR) is 197 cm³/mol. The van der Waals surface area contributed by atoms with Crippen LogP contribution >= 0.6 is 0 Å². The lowest BCUT2D eigenvalue weighted by Gasteiger charge is -2.30. The number of allylic oxidation sites excluding steroid dienone is 1. The van der Waals surface area contributed by atoms with Gasteiger partial charge in [0.2, 0.25) is 27.7 Å². The van der Waals surface area contributed by atoms with Crippen LogP contribution in [-0.4, -0.2) is 88.2 Å². The quantitative estimate of drug-likeness (QED) is 0.387. The molecule has 290 valence electrons.